The Hall–Kier alpha value is -2.07. The number of ether oxygens (including phenoxy) is 1. The van der Waals surface area contributed by atoms with Gasteiger partial charge in [-0.2, -0.15) is 0 Å². The second-order valence-corrected chi connectivity index (χ2v) is 5.85. The van der Waals surface area contributed by atoms with Crippen molar-refractivity contribution in [2.24, 2.45) is 0 Å². The van der Waals surface area contributed by atoms with Gasteiger partial charge in [-0.1, -0.05) is 31.2 Å². The number of aromatic amines is 1. The van der Waals surface area contributed by atoms with Gasteiger partial charge < -0.3 is 9.72 Å². The summed E-state index contributed by atoms with van der Waals surface area (Å²) in [5.41, 5.74) is 4.52. The van der Waals surface area contributed by atoms with E-state index in [1.807, 2.05) is 12.3 Å². The molecule has 1 aliphatic heterocycles. The van der Waals surface area contributed by atoms with E-state index in [2.05, 4.69) is 41.1 Å². The van der Waals surface area contributed by atoms with Crippen molar-refractivity contribution in [3.63, 3.8) is 0 Å². The third-order valence-electron chi connectivity index (χ3n) is 4.47. The SMILES string of the molecule is CC[C@@H]1Cc2ccccc2CN1Cc1c[nH]c(C(=O)OC)c1. The molecule has 0 fully saturated rings. The smallest absolute Gasteiger partial charge is 0.354 e. The summed E-state index contributed by atoms with van der Waals surface area (Å²) in [6.45, 7) is 4.05. The van der Waals surface area contributed by atoms with Gasteiger partial charge in [0.05, 0.1) is 7.11 Å². The molecule has 1 atom stereocenters. The molecule has 22 heavy (non-hydrogen) atoms. The summed E-state index contributed by atoms with van der Waals surface area (Å²) in [6.07, 6.45) is 4.13. The molecule has 4 nitrogen and oxygen atoms in total. The summed E-state index contributed by atoms with van der Waals surface area (Å²) in [6, 6.07) is 11.1. The summed E-state index contributed by atoms with van der Waals surface area (Å²) >= 11 is 0. The van der Waals surface area contributed by atoms with Crippen LogP contribution in [0.25, 0.3) is 0 Å². The van der Waals surface area contributed by atoms with Crippen LogP contribution in [0.3, 0.4) is 0 Å². The Bertz CT molecular complexity index is 663. The molecular weight excluding hydrogens is 276 g/mol. The van der Waals surface area contributed by atoms with E-state index < -0.39 is 0 Å². The molecule has 4 heteroatoms. The highest BCUT2D eigenvalue weighted by molar-refractivity contribution is 5.87. The van der Waals surface area contributed by atoms with E-state index in [-0.39, 0.29) is 5.97 Å². The zero-order valence-corrected chi connectivity index (χ0v) is 13.1. The van der Waals surface area contributed by atoms with E-state index in [4.69, 9.17) is 4.74 Å². The first kappa shape index (κ1) is 14.9. The minimum absolute atomic E-state index is 0.317. The molecule has 0 saturated carbocycles. The fraction of sp³-hybridized carbons (Fsp3) is 0.389. The number of rotatable bonds is 4. The molecule has 1 aliphatic rings. The summed E-state index contributed by atoms with van der Waals surface area (Å²) < 4.78 is 4.74. The van der Waals surface area contributed by atoms with Gasteiger partial charge in [0.15, 0.2) is 0 Å². The van der Waals surface area contributed by atoms with Crippen molar-refractivity contribution in [2.45, 2.75) is 38.9 Å². The molecule has 0 saturated heterocycles. The summed E-state index contributed by atoms with van der Waals surface area (Å²) in [7, 11) is 1.40. The Morgan fingerprint density at radius 2 is 2.14 bits per heavy atom. The van der Waals surface area contributed by atoms with Crippen molar-refractivity contribution < 1.29 is 9.53 Å². The number of hydrogen-bond acceptors (Lipinski definition) is 3. The van der Waals surface area contributed by atoms with E-state index >= 15 is 0 Å². The molecule has 0 spiro atoms. The lowest BCUT2D eigenvalue weighted by Crippen LogP contribution is -2.39. The van der Waals surface area contributed by atoms with Crippen LogP contribution >= 0.6 is 0 Å². The van der Waals surface area contributed by atoms with Crippen molar-refractivity contribution in [3.05, 3.63) is 58.9 Å². The van der Waals surface area contributed by atoms with Gasteiger partial charge in [0.1, 0.15) is 5.69 Å². The van der Waals surface area contributed by atoms with Crippen LogP contribution in [0, 0.1) is 0 Å². The maximum Gasteiger partial charge on any atom is 0.354 e. The molecular formula is C18H22N2O2. The number of carbonyl (C=O) groups is 1. The van der Waals surface area contributed by atoms with Crippen LogP contribution in [0.5, 0.6) is 0 Å². The Kier molecular flexibility index (Phi) is 4.29. The number of carbonyl (C=O) groups excluding carboxylic acids is 1. The summed E-state index contributed by atoms with van der Waals surface area (Å²) in [5, 5.41) is 0. The molecule has 0 bridgehead atoms. The predicted molar refractivity (Wildman–Crippen MR) is 85.6 cm³/mol. The Morgan fingerprint density at radius 1 is 1.36 bits per heavy atom. The van der Waals surface area contributed by atoms with Gasteiger partial charge in [0.2, 0.25) is 0 Å². The van der Waals surface area contributed by atoms with Crippen LogP contribution in [0.1, 0.15) is 40.5 Å². The number of H-pyrrole nitrogens is 1. The van der Waals surface area contributed by atoms with Crippen molar-refractivity contribution in [2.75, 3.05) is 7.11 Å². The number of methoxy groups -OCH3 is 1. The highest BCUT2D eigenvalue weighted by Crippen LogP contribution is 2.26. The molecule has 116 valence electrons. The number of hydrogen-bond donors (Lipinski definition) is 1. The first-order valence-corrected chi connectivity index (χ1v) is 7.77. The Morgan fingerprint density at radius 3 is 2.86 bits per heavy atom. The number of nitrogens with zero attached hydrogens (tertiary/aromatic N) is 1. The summed E-state index contributed by atoms with van der Waals surface area (Å²) in [5.74, 6) is -0.317. The first-order valence-electron chi connectivity index (χ1n) is 7.77. The normalized spacial score (nSPS) is 18.0. The Balaban J connectivity index is 1.76. The minimum atomic E-state index is -0.317. The van der Waals surface area contributed by atoms with Gasteiger partial charge in [-0.3, -0.25) is 4.90 Å². The Labute approximate surface area is 131 Å². The van der Waals surface area contributed by atoms with Crippen molar-refractivity contribution in [1.82, 2.24) is 9.88 Å². The fourth-order valence-corrected chi connectivity index (χ4v) is 3.22. The predicted octanol–water partition coefficient (Wildman–Crippen LogP) is 3.14. The number of aromatic nitrogens is 1. The molecule has 0 radical (unpaired) electrons. The van der Waals surface area contributed by atoms with Gasteiger partial charge >= 0.3 is 5.97 Å². The average molecular weight is 298 g/mol. The highest BCUT2D eigenvalue weighted by Gasteiger charge is 2.25. The zero-order chi connectivity index (χ0) is 15.5. The van der Waals surface area contributed by atoms with Crippen molar-refractivity contribution >= 4 is 5.97 Å². The van der Waals surface area contributed by atoms with Crippen LogP contribution in [0.4, 0.5) is 0 Å². The molecule has 2 heterocycles. The average Bonchev–Trinajstić information content (AvgIpc) is 3.02. The van der Waals surface area contributed by atoms with E-state index in [1.165, 1.54) is 18.2 Å². The van der Waals surface area contributed by atoms with Gasteiger partial charge in [-0.05, 0) is 35.6 Å². The lowest BCUT2D eigenvalue weighted by atomic mass is 9.92. The van der Waals surface area contributed by atoms with Crippen molar-refractivity contribution in [1.29, 1.82) is 0 Å². The highest BCUT2D eigenvalue weighted by atomic mass is 16.5. The molecule has 0 aliphatic carbocycles. The molecule has 0 unspecified atom stereocenters. The number of esters is 1. The topological polar surface area (TPSA) is 45.3 Å². The van der Waals surface area contributed by atoms with Crippen LogP contribution < -0.4 is 0 Å². The third kappa shape index (κ3) is 2.92. The minimum Gasteiger partial charge on any atom is -0.464 e. The standard InChI is InChI=1S/C18H22N2O2/c1-3-16-9-14-6-4-5-7-15(14)12-20(16)11-13-8-17(19-10-13)18(21)22-2/h4-8,10,16,19H,3,9,11-12H2,1-2H3/t16-/m1/s1. The molecule has 3 rings (SSSR count). The monoisotopic (exact) mass is 298 g/mol. The number of nitrogens with one attached hydrogen (secondary N) is 1. The van der Waals surface area contributed by atoms with Crippen molar-refractivity contribution in [3.8, 4) is 0 Å². The van der Waals surface area contributed by atoms with Crippen LogP contribution in [0.15, 0.2) is 36.5 Å². The van der Waals surface area contributed by atoms with E-state index in [0.717, 1.165) is 31.5 Å². The van der Waals surface area contributed by atoms with Gasteiger partial charge in [-0.15, -0.1) is 0 Å². The fourth-order valence-electron chi connectivity index (χ4n) is 3.22. The quantitative estimate of drug-likeness (QED) is 0.882. The number of fused-ring (bicyclic) bond motifs is 1. The number of benzene rings is 1. The summed E-state index contributed by atoms with van der Waals surface area (Å²) in [4.78, 5) is 17.0. The molecule has 0 amide bonds. The maximum atomic E-state index is 11.5. The van der Waals surface area contributed by atoms with Crippen LogP contribution in [-0.2, 0) is 24.2 Å². The largest absolute Gasteiger partial charge is 0.464 e. The molecule has 1 aromatic heterocycles. The van der Waals surface area contributed by atoms with Crippen LogP contribution in [-0.4, -0.2) is 29.0 Å². The first-order chi connectivity index (χ1) is 10.7. The lowest BCUT2D eigenvalue weighted by Gasteiger charge is -2.36. The second-order valence-electron chi connectivity index (χ2n) is 5.85. The van der Waals surface area contributed by atoms with E-state index in [0.29, 0.717) is 11.7 Å². The third-order valence-corrected chi connectivity index (χ3v) is 4.47. The van der Waals surface area contributed by atoms with E-state index in [1.54, 1.807) is 0 Å². The molecule has 1 aromatic carbocycles. The van der Waals surface area contributed by atoms with E-state index in [9.17, 15) is 4.79 Å². The molecule has 1 N–H and O–H groups in total. The van der Waals surface area contributed by atoms with Crippen LogP contribution in [0.2, 0.25) is 0 Å². The molecule has 2 aromatic rings. The lowest BCUT2D eigenvalue weighted by molar-refractivity contribution is 0.0594. The zero-order valence-electron chi connectivity index (χ0n) is 13.1. The van der Waals surface area contributed by atoms with Gasteiger partial charge in [0.25, 0.3) is 0 Å². The second kappa shape index (κ2) is 6.36. The van der Waals surface area contributed by atoms with Gasteiger partial charge in [0, 0.05) is 25.3 Å². The van der Waals surface area contributed by atoms with Gasteiger partial charge in [-0.25, -0.2) is 4.79 Å². The maximum absolute atomic E-state index is 11.5.